The molecule has 2 aromatic carbocycles. The third-order valence-corrected chi connectivity index (χ3v) is 3.03. The first-order valence-corrected chi connectivity index (χ1v) is 6.52. The van der Waals surface area contributed by atoms with E-state index in [0.717, 1.165) is 22.8 Å². The molecule has 2 rings (SSSR count). The molecular weight excluding hydrogens is 220 g/mol. The minimum absolute atomic E-state index is 0.321. The van der Waals surface area contributed by atoms with E-state index in [1.165, 1.54) is 19.3 Å². The van der Waals surface area contributed by atoms with E-state index in [1.807, 2.05) is 30.3 Å². The molecule has 0 fully saturated rings. The molecule has 18 heavy (non-hydrogen) atoms. The van der Waals surface area contributed by atoms with Crippen molar-refractivity contribution in [2.45, 2.75) is 32.6 Å². The predicted octanol–water partition coefficient (Wildman–Crippen LogP) is 4.48. The number of fused-ring (bicyclic) bond motifs is 1. The minimum Gasteiger partial charge on any atom is -0.507 e. The minimum atomic E-state index is 0.321. The Kier molecular flexibility index (Phi) is 4.25. The number of hydrogen-bond acceptors (Lipinski definition) is 1. The highest BCUT2D eigenvalue weighted by atomic mass is 16.3. The highest BCUT2D eigenvalue weighted by Crippen LogP contribution is 2.26. The lowest BCUT2D eigenvalue weighted by atomic mass is 10.0. The molecule has 1 N–H and O–H groups in total. The lowest BCUT2D eigenvalue weighted by molar-refractivity contribution is 0.481. The van der Waals surface area contributed by atoms with Crippen molar-refractivity contribution in [3.05, 3.63) is 42.0 Å². The summed E-state index contributed by atoms with van der Waals surface area (Å²) in [4.78, 5) is 0. The van der Waals surface area contributed by atoms with Crippen LogP contribution < -0.4 is 0 Å². The molecule has 1 heteroatoms. The van der Waals surface area contributed by atoms with Crippen LogP contribution in [0.25, 0.3) is 10.8 Å². The number of rotatable bonds is 3. The number of phenolic OH excluding ortho intramolecular Hbond substituents is 1. The Bertz CT molecular complexity index is 587. The standard InChI is InChI=1S/C17H18O/c1-2-3-4-5-6-9-14-12-13-17(18)16-11-8-7-10-15(14)16/h7-8,10-13,18H,2-5H2,1H3. The maximum atomic E-state index is 9.79. The highest BCUT2D eigenvalue weighted by molar-refractivity contribution is 5.92. The van der Waals surface area contributed by atoms with Crippen molar-refractivity contribution in [2.24, 2.45) is 0 Å². The number of aromatic hydroxyl groups is 1. The van der Waals surface area contributed by atoms with Crippen LogP contribution in [0.5, 0.6) is 5.75 Å². The van der Waals surface area contributed by atoms with Crippen molar-refractivity contribution in [2.75, 3.05) is 0 Å². The summed E-state index contributed by atoms with van der Waals surface area (Å²) in [5.41, 5.74) is 1.000. The van der Waals surface area contributed by atoms with Gasteiger partial charge in [-0.2, -0.15) is 0 Å². The third-order valence-electron chi connectivity index (χ3n) is 3.03. The maximum absolute atomic E-state index is 9.79. The van der Waals surface area contributed by atoms with Gasteiger partial charge in [0, 0.05) is 22.8 Å². The molecule has 0 saturated carbocycles. The Morgan fingerprint density at radius 2 is 1.78 bits per heavy atom. The second kappa shape index (κ2) is 6.12. The molecule has 2 aromatic rings. The van der Waals surface area contributed by atoms with E-state index in [4.69, 9.17) is 0 Å². The van der Waals surface area contributed by atoms with Crippen LogP contribution in [0.1, 0.15) is 38.2 Å². The van der Waals surface area contributed by atoms with Crippen LogP contribution >= 0.6 is 0 Å². The molecule has 0 radical (unpaired) electrons. The fraction of sp³-hybridized carbons (Fsp3) is 0.294. The molecule has 0 aliphatic carbocycles. The zero-order chi connectivity index (χ0) is 12.8. The summed E-state index contributed by atoms with van der Waals surface area (Å²) in [6, 6.07) is 11.4. The zero-order valence-corrected chi connectivity index (χ0v) is 10.7. The van der Waals surface area contributed by atoms with E-state index in [0.29, 0.717) is 5.75 Å². The Labute approximate surface area is 108 Å². The van der Waals surface area contributed by atoms with E-state index in [-0.39, 0.29) is 0 Å². The summed E-state index contributed by atoms with van der Waals surface area (Å²) >= 11 is 0. The first-order valence-electron chi connectivity index (χ1n) is 6.52. The molecule has 0 spiro atoms. The van der Waals surface area contributed by atoms with Gasteiger partial charge in [0.05, 0.1) is 0 Å². The molecule has 0 aromatic heterocycles. The Hall–Kier alpha value is -1.94. The Balaban J connectivity index is 2.26. The zero-order valence-electron chi connectivity index (χ0n) is 10.7. The van der Waals surface area contributed by atoms with Crippen LogP contribution in [-0.4, -0.2) is 5.11 Å². The molecule has 92 valence electrons. The number of hydrogen-bond donors (Lipinski definition) is 1. The molecular formula is C17H18O. The van der Waals surface area contributed by atoms with Crippen molar-refractivity contribution in [3.8, 4) is 17.6 Å². The molecule has 0 aliphatic rings. The summed E-state index contributed by atoms with van der Waals surface area (Å²) in [7, 11) is 0. The predicted molar refractivity (Wildman–Crippen MR) is 76.6 cm³/mol. The molecule has 0 aliphatic heterocycles. The molecule has 1 nitrogen and oxygen atoms in total. The van der Waals surface area contributed by atoms with Crippen LogP contribution in [0.3, 0.4) is 0 Å². The van der Waals surface area contributed by atoms with Crippen LogP contribution in [0.4, 0.5) is 0 Å². The van der Waals surface area contributed by atoms with Gasteiger partial charge in [0.25, 0.3) is 0 Å². The van der Waals surface area contributed by atoms with Gasteiger partial charge < -0.3 is 5.11 Å². The largest absolute Gasteiger partial charge is 0.507 e. The van der Waals surface area contributed by atoms with Crippen molar-refractivity contribution < 1.29 is 5.11 Å². The van der Waals surface area contributed by atoms with Gasteiger partial charge in [-0.3, -0.25) is 0 Å². The number of unbranched alkanes of at least 4 members (excludes halogenated alkanes) is 3. The van der Waals surface area contributed by atoms with E-state index >= 15 is 0 Å². The topological polar surface area (TPSA) is 20.2 Å². The van der Waals surface area contributed by atoms with Gasteiger partial charge in [-0.15, -0.1) is 0 Å². The average Bonchev–Trinajstić information content (AvgIpc) is 2.41. The quantitative estimate of drug-likeness (QED) is 0.617. The van der Waals surface area contributed by atoms with Crippen molar-refractivity contribution in [1.82, 2.24) is 0 Å². The molecule has 0 atom stereocenters. The van der Waals surface area contributed by atoms with E-state index < -0.39 is 0 Å². The molecule has 0 heterocycles. The Morgan fingerprint density at radius 3 is 2.56 bits per heavy atom. The van der Waals surface area contributed by atoms with Crippen LogP contribution in [0.2, 0.25) is 0 Å². The van der Waals surface area contributed by atoms with Gasteiger partial charge in [-0.25, -0.2) is 0 Å². The second-order valence-electron chi connectivity index (χ2n) is 4.44. The number of phenols is 1. The summed E-state index contributed by atoms with van der Waals surface area (Å²) in [5, 5.41) is 11.7. The average molecular weight is 238 g/mol. The van der Waals surface area contributed by atoms with Crippen molar-refractivity contribution in [3.63, 3.8) is 0 Å². The van der Waals surface area contributed by atoms with Crippen molar-refractivity contribution >= 4 is 10.8 Å². The van der Waals surface area contributed by atoms with Gasteiger partial charge in [0.15, 0.2) is 0 Å². The monoisotopic (exact) mass is 238 g/mol. The molecule has 0 bridgehead atoms. The van der Waals surface area contributed by atoms with E-state index in [1.54, 1.807) is 6.07 Å². The first kappa shape index (κ1) is 12.5. The summed E-state index contributed by atoms with van der Waals surface area (Å²) in [6.45, 7) is 2.20. The first-order chi connectivity index (χ1) is 8.83. The fourth-order valence-electron chi connectivity index (χ4n) is 2.01. The summed E-state index contributed by atoms with van der Waals surface area (Å²) in [6.07, 6.45) is 4.58. The van der Waals surface area contributed by atoms with E-state index in [2.05, 4.69) is 18.8 Å². The SMILES string of the molecule is CCCCCC#Cc1ccc(O)c2ccccc12. The summed E-state index contributed by atoms with van der Waals surface area (Å²) in [5.74, 6) is 6.75. The molecule has 0 saturated heterocycles. The lowest BCUT2D eigenvalue weighted by Gasteiger charge is -2.02. The van der Waals surface area contributed by atoms with Gasteiger partial charge in [0.1, 0.15) is 5.75 Å². The lowest BCUT2D eigenvalue weighted by Crippen LogP contribution is -1.80. The third kappa shape index (κ3) is 2.84. The van der Waals surface area contributed by atoms with E-state index in [9.17, 15) is 5.11 Å². The van der Waals surface area contributed by atoms with Crippen LogP contribution in [0, 0.1) is 11.8 Å². The van der Waals surface area contributed by atoms with Gasteiger partial charge in [-0.1, -0.05) is 55.9 Å². The smallest absolute Gasteiger partial charge is 0.123 e. The van der Waals surface area contributed by atoms with Gasteiger partial charge in [0.2, 0.25) is 0 Å². The fourth-order valence-corrected chi connectivity index (χ4v) is 2.01. The maximum Gasteiger partial charge on any atom is 0.123 e. The van der Waals surface area contributed by atoms with Crippen molar-refractivity contribution in [1.29, 1.82) is 0 Å². The molecule has 0 amide bonds. The highest BCUT2D eigenvalue weighted by Gasteiger charge is 2.01. The number of benzene rings is 2. The van der Waals surface area contributed by atoms with Gasteiger partial charge in [-0.05, 0) is 18.6 Å². The Morgan fingerprint density at radius 1 is 1.00 bits per heavy atom. The van der Waals surface area contributed by atoms with Gasteiger partial charge >= 0.3 is 0 Å². The summed E-state index contributed by atoms with van der Waals surface area (Å²) < 4.78 is 0. The normalized spacial score (nSPS) is 10.1. The van der Waals surface area contributed by atoms with Crippen LogP contribution in [0.15, 0.2) is 36.4 Å². The molecule has 0 unspecified atom stereocenters. The second-order valence-corrected chi connectivity index (χ2v) is 4.44. The van der Waals surface area contributed by atoms with Crippen LogP contribution in [-0.2, 0) is 0 Å².